The van der Waals surface area contributed by atoms with Gasteiger partial charge in [-0.2, -0.15) is 5.10 Å². The van der Waals surface area contributed by atoms with Gasteiger partial charge in [0.1, 0.15) is 0 Å². The largest absolute Gasteiger partial charge is 0.378 e. The van der Waals surface area contributed by atoms with Gasteiger partial charge in [-0.15, -0.1) is 11.3 Å². The molecule has 1 atom stereocenters. The Morgan fingerprint density at radius 3 is 2.86 bits per heavy atom. The summed E-state index contributed by atoms with van der Waals surface area (Å²) < 4.78 is 32.1. The first kappa shape index (κ1) is 24.7. The molecular weight excluding hydrogens is 510 g/mol. The lowest BCUT2D eigenvalue weighted by Crippen LogP contribution is -2.40. The van der Waals surface area contributed by atoms with Gasteiger partial charge in [-0.1, -0.05) is 12.1 Å². The van der Waals surface area contributed by atoms with Gasteiger partial charge < -0.3 is 9.64 Å². The van der Waals surface area contributed by atoms with E-state index in [0.717, 1.165) is 71.5 Å². The second kappa shape index (κ2) is 9.91. The normalized spacial score (nSPS) is 19.5. The van der Waals surface area contributed by atoms with Crippen LogP contribution in [0.1, 0.15) is 17.7 Å². The third-order valence-corrected chi connectivity index (χ3v) is 9.72. The van der Waals surface area contributed by atoms with Gasteiger partial charge in [-0.25, -0.2) is 22.7 Å². The maximum atomic E-state index is 12.0. The van der Waals surface area contributed by atoms with Crippen LogP contribution in [0.2, 0.25) is 0 Å². The van der Waals surface area contributed by atoms with E-state index in [0.29, 0.717) is 25.6 Å². The molecule has 10 nitrogen and oxygen atoms in total. The zero-order valence-electron chi connectivity index (χ0n) is 21.1. The van der Waals surface area contributed by atoms with Gasteiger partial charge in [0.05, 0.1) is 41.4 Å². The highest BCUT2D eigenvalue weighted by molar-refractivity contribution is 7.88. The molecule has 1 N–H and O–H groups in total. The monoisotopic (exact) mass is 541 g/mol. The molecule has 2 aliphatic rings. The molecule has 2 aliphatic heterocycles. The van der Waals surface area contributed by atoms with Gasteiger partial charge in [0.15, 0.2) is 11.6 Å². The number of nitrogens with zero attached hydrogens (tertiary/aromatic N) is 6. The van der Waals surface area contributed by atoms with Crippen LogP contribution >= 0.6 is 11.3 Å². The Morgan fingerprint density at radius 2 is 2.05 bits per heavy atom. The van der Waals surface area contributed by atoms with Crippen LogP contribution in [-0.2, 0) is 21.3 Å². The number of likely N-dealkylation sites (N-methyl/N-ethyl adjacent to an activating group) is 1. The lowest BCUT2D eigenvalue weighted by atomic mass is 10.1. The molecule has 0 aliphatic carbocycles. The first-order valence-corrected chi connectivity index (χ1v) is 15.2. The number of fused-ring (bicyclic) bond motifs is 2. The molecule has 1 aromatic carbocycles. The van der Waals surface area contributed by atoms with Crippen molar-refractivity contribution < 1.29 is 13.2 Å². The number of ether oxygens (including phenoxy) is 1. The first-order valence-electron chi connectivity index (χ1n) is 12.6. The Bertz CT molecular complexity index is 1530. The number of aromatic nitrogens is 4. The number of hydrogen-bond donors (Lipinski definition) is 1. The molecule has 37 heavy (non-hydrogen) atoms. The number of H-pyrrole nitrogens is 1. The van der Waals surface area contributed by atoms with E-state index >= 15 is 0 Å². The van der Waals surface area contributed by atoms with Crippen LogP contribution in [0.3, 0.4) is 0 Å². The first-order chi connectivity index (χ1) is 17.9. The molecule has 0 bridgehead atoms. The lowest BCUT2D eigenvalue weighted by Gasteiger charge is -2.28. The number of benzene rings is 1. The molecule has 4 aromatic rings. The van der Waals surface area contributed by atoms with Crippen molar-refractivity contribution in [2.24, 2.45) is 0 Å². The highest BCUT2D eigenvalue weighted by Crippen LogP contribution is 2.37. The molecule has 196 valence electrons. The van der Waals surface area contributed by atoms with Crippen molar-refractivity contribution in [3.63, 3.8) is 0 Å². The van der Waals surface area contributed by atoms with Crippen LogP contribution in [0.5, 0.6) is 0 Å². The summed E-state index contributed by atoms with van der Waals surface area (Å²) in [5, 5.41) is 8.25. The number of morpholine rings is 1. The number of rotatable bonds is 7. The van der Waals surface area contributed by atoms with Gasteiger partial charge in [0.2, 0.25) is 10.0 Å². The van der Waals surface area contributed by atoms with Crippen molar-refractivity contribution >= 4 is 48.3 Å². The molecule has 1 unspecified atom stereocenters. The van der Waals surface area contributed by atoms with E-state index in [-0.39, 0.29) is 6.04 Å². The summed E-state index contributed by atoms with van der Waals surface area (Å²) in [5.74, 6) is 1.65. The van der Waals surface area contributed by atoms with Gasteiger partial charge in [0.25, 0.3) is 0 Å². The predicted molar refractivity (Wildman–Crippen MR) is 146 cm³/mol. The SMILES string of the molecule is CN(CC1CCCN1Cc1cc2nc(-c3cccc4[nH]ncc34)nc(N3CCOCC3)c2s1)S(C)(=O)=O. The number of thiophene rings is 1. The number of hydrogen-bond acceptors (Lipinski definition) is 9. The van der Waals surface area contributed by atoms with Gasteiger partial charge in [-0.3, -0.25) is 10.00 Å². The summed E-state index contributed by atoms with van der Waals surface area (Å²) in [6, 6.07) is 8.44. The quantitative estimate of drug-likeness (QED) is 0.381. The van der Waals surface area contributed by atoms with E-state index in [2.05, 4.69) is 26.1 Å². The number of likely N-dealkylation sites (tertiary alicyclic amines) is 1. The fourth-order valence-electron chi connectivity index (χ4n) is 5.26. The van der Waals surface area contributed by atoms with Crippen molar-refractivity contribution in [2.75, 3.05) is 57.6 Å². The zero-order valence-corrected chi connectivity index (χ0v) is 22.7. The number of aromatic amines is 1. The fraction of sp³-hybridized carbons (Fsp3) is 0.480. The van der Waals surface area contributed by atoms with E-state index in [4.69, 9.17) is 14.7 Å². The summed E-state index contributed by atoms with van der Waals surface area (Å²) >= 11 is 1.74. The molecule has 0 amide bonds. The van der Waals surface area contributed by atoms with Crippen molar-refractivity contribution in [2.45, 2.75) is 25.4 Å². The highest BCUT2D eigenvalue weighted by Gasteiger charge is 2.29. The van der Waals surface area contributed by atoms with Crippen LogP contribution in [0, 0.1) is 0 Å². The molecule has 6 rings (SSSR count). The minimum Gasteiger partial charge on any atom is -0.378 e. The van der Waals surface area contributed by atoms with E-state index in [1.807, 2.05) is 24.4 Å². The molecule has 2 saturated heterocycles. The third-order valence-electron chi connectivity index (χ3n) is 7.33. The van der Waals surface area contributed by atoms with Crippen LogP contribution < -0.4 is 4.90 Å². The maximum absolute atomic E-state index is 12.0. The minimum atomic E-state index is -3.20. The Labute approximate surface area is 220 Å². The number of anilines is 1. The molecule has 0 saturated carbocycles. The molecule has 0 radical (unpaired) electrons. The standard InChI is InChI=1S/C25H31N7O3S2/c1-30(37(2,33)34)15-17-5-4-8-32(17)16-18-13-22-23(36-18)25(31-9-11-35-12-10-31)28-24(27-22)19-6-3-7-21-20(19)14-26-29-21/h3,6-7,13-14,17H,4-5,8-12,15-16H2,1-2H3,(H,26,29). The van der Waals surface area contributed by atoms with Gasteiger partial charge in [0, 0.05) is 55.1 Å². The van der Waals surface area contributed by atoms with E-state index in [1.165, 1.54) is 15.4 Å². The molecule has 12 heteroatoms. The van der Waals surface area contributed by atoms with E-state index in [9.17, 15) is 8.42 Å². The zero-order chi connectivity index (χ0) is 25.6. The van der Waals surface area contributed by atoms with Gasteiger partial charge >= 0.3 is 0 Å². The summed E-state index contributed by atoms with van der Waals surface area (Å²) in [6.07, 6.45) is 5.17. The molecule has 5 heterocycles. The van der Waals surface area contributed by atoms with Crippen LogP contribution in [0.4, 0.5) is 5.82 Å². The van der Waals surface area contributed by atoms with Gasteiger partial charge in [-0.05, 0) is 31.5 Å². The summed E-state index contributed by atoms with van der Waals surface area (Å²) in [6.45, 7) is 5.20. The molecular formula is C25H31N7O3S2. The minimum absolute atomic E-state index is 0.212. The number of sulfonamides is 1. The van der Waals surface area contributed by atoms with Crippen LogP contribution in [0.15, 0.2) is 30.5 Å². The van der Waals surface area contributed by atoms with E-state index < -0.39 is 10.0 Å². The highest BCUT2D eigenvalue weighted by atomic mass is 32.2. The summed E-state index contributed by atoms with van der Waals surface area (Å²) in [5.41, 5.74) is 2.86. The predicted octanol–water partition coefficient (Wildman–Crippen LogP) is 2.93. The summed E-state index contributed by atoms with van der Waals surface area (Å²) in [4.78, 5) is 16.0. The average Bonchev–Trinajstić information content (AvgIpc) is 3.63. The van der Waals surface area contributed by atoms with E-state index in [1.54, 1.807) is 18.4 Å². The van der Waals surface area contributed by atoms with Crippen molar-refractivity contribution in [3.05, 3.63) is 35.3 Å². The second-order valence-electron chi connectivity index (χ2n) is 9.84. The van der Waals surface area contributed by atoms with Crippen molar-refractivity contribution in [1.82, 2.24) is 29.4 Å². The van der Waals surface area contributed by atoms with Crippen molar-refractivity contribution in [3.8, 4) is 11.4 Å². The van der Waals surface area contributed by atoms with Crippen molar-refractivity contribution in [1.29, 1.82) is 0 Å². The van der Waals surface area contributed by atoms with Crippen LogP contribution in [-0.4, -0.2) is 96.5 Å². The smallest absolute Gasteiger partial charge is 0.211 e. The third kappa shape index (κ3) is 4.96. The topological polar surface area (TPSA) is 108 Å². The molecule has 3 aromatic heterocycles. The summed E-state index contributed by atoms with van der Waals surface area (Å²) in [7, 11) is -1.53. The second-order valence-corrected chi connectivity index (χ2v) is 13.1. The number of nitrogens with one attached hydrogen (secondary N) is 1. The Kier molecular flexibility index (Phi) is 6.61. The maximum Gasteiger partial charge on any atom is 0.211 e. The average molecular weight is 542 g/mol. The Hall–Kier alpha value is -2.64. The molecule has 2 fully saturated rings. The fourth-order valence-corrected chi connectivity index (χ4v) is 6.84. The lowest BCUT2D eigenvalue weighted by molar-refractivity contribution is 0.122. The Balaban J connectivity index is 1.36. The molecule has 0 spiro atoms. The Morgan fingerprint density at radius 1 is 1.22 bits per heavy atom. The van der Waals surface area contributed by atoms with Crippen LogP contribution in [0.25, 0.3) is 32.5 Å².